The molecule has 0 saturated carbocycles. The third kappa shape index (κ3) is 2.15. The van der Waals surface area contributed by atoms with E-state index < -0.39 is 0 Å². The van der Waals surface area contributed by atoms with Crippen molar-refractivity contribution < 1.29 is 4.39 Å². The van der Waals surface area contributed by atoms with Crippen LogP contribution >= 0.6 is 15.9 Å². The fourth-order valence-electron chi connectivity index (χ4n) is 2.46. The molecule has 1 atom stereocenters. The van der Waals surface area contributed by atoms with E-state index in [4.69, 9.17) is 0 Å². The number of fused-ring (bicyclic) bond motifs is 1. The van der Waals surface area contributed by atoms with Crippen molar-refractivity contribution in [3.8, 4) is 0 Å². The smallest absolute Gasteiger partial charge is 0.123 e. The fraction of sp³-hybridized carbons (Fsp3) is 0.200. The first-order chi connectivity index (χ1) is 8.74. The normalized spacial score (nSPS) is 18.0. The van der Waals surface area contributed by atoms with E-state index in [9.17, 15) is 4.39 Å². The minimum Gasteiger partial charge on any atom is -0.377 e. The molecule has 0 fully saturated rings. The Balaban J connectivity index is 1.93. The van der Waals surface area contributed by atoms with Crippen LogP contribution in [0.25, 0.3) is 0 Å². The standard InChI is InChI=1S/C15H13BrFN/c16-13-6-2-3-10-7-8-14(18-15(10)13)11-4-1-5-12(17)9-11/h1-6,9,14,18H,7-8H2. The first-order valence-corrected chi connectivity index (χ1v) is 6.83. The topological polar surface area (TPSA) is 12.0 Å². The van der Waals surface area contributed by atoms with E-state index in [-0.39, 0.29) is 11.9 Å². The Bertz CT molecular complexity index is 582. The van der Waals surface area contributed by atoms with Crippen molar-refractivity contribution in [3.05, 3.63) is 63.9 Å². The Morgan fingerprint density at radius 2 is 2.00 bits per heavy atom. The number of anilines is 1. The number of halogens is 2. The van der Waals surface area contributed by atoms with Crippen molar-refractivity contribution in [3.63, 3.8) is 0 Å². The summed E-state index contributed by atoms with van der Waals surface area (Å²) in [7, 11) is 0. The van der Waals surface area contributed by atoms with E-state index in [1.807, 2.05) is 18.2 Å². The molecule has 0 spiro atoms. The van der Waals surface area contributed by atoms with Crippen LogP contribution in [0.2, 0.25) is 0 Å². The predicted octanol–water partition coefficient (Wildman–Crippen LogP) is 4.69. The molecule has 1 N–H and O–H groups in total. The Kier molecular flexibility index (Phi) is 3.08. The molecule has 18 heavy (non-hydrogen) atoms. The summed E-state index contributed by atoms with van der Waals surface area (Å²) in [6.45, 7) is 0. The van der Waals surface area contributed by atoms with Crippen LogP contribution in [-0.4, -0.2) is 0 Å². The van der Waals surface area contributed by atoms with Crippen LogP contribution in [0.4, 0.5) is 10.1 Å². The highest BCUT2D eigenvalue weighted by molar-refractivity contribution is 9.10. The summed E-state index contributed by atoms with van der Waals surface area (Å²) in [5.74, 6) is -0.174. The van der Waals surface area contributed by atoms with Crippen molar-refractivity contribution in [2.24, 2.45) is 0 Å². The van der Waals surface area contributed by atoms with Gasteiger partial charge in [-0.05, 0) is 58.1 Å². The summed E-state index contributed by atoms with van der Waals surface area (Å²) >= 11 is 3.56. The molecule has 92 valence electrons. The highest BCUT2D eigenvalue weighted by Crippen LogP contribution is 2.37. The zero-order valence-corrected chi connectivity index (χ0v) is 11.4. The molecule has 0 aromatic heterocycles. The maximum absolute atomic E-state index is 13.3. The Morgan fingerprint density at radius 3 is 2.83 bits per heavy atom. The summed E-state index contributed by atoms with van der Waals surface area (Å²) in [4.78, 5) is 0. The molecule has 2 aromatic carbocycles. The lowest BCUT2D eigenvalue weighted by molar-refractivity contribution is 0.614. The van der Waals surface area contributed by atoms with E-state index in [2.05, 4.69) is 27.3 Å². The lowest BCUT2D eigenvalue weighted by Crippen LogP contribution is -2.18. The SMILES string of the molecule is Fc1cccc(C2CCc3cccc(Br)c3N2)c1. The Labute approximate surface area is 114 Å². The summed E-state index contributed by atoms with van der Waals surface area (Å²) in [5, 5.41) is 3.50. The highest BCUT2D eigenvalue weighted by Gasteiger charge is 2.20. The molecule has 0 bridgehead atoms. The minimum atomic E-state index is -0.174. The van der Waals surface area contributed by atoms with Gasteiger partial charge in [-0.1, -0.05) is 24.3 Å². The lowest BCUT2D eigenvalue weighted by atomic mass is 9.93. The molecule has 3 heteroatoms. The van der Waals surface area contributed by atoms with Crippen molar-refractivity contribution >= 4 is 21.6 Å². The molecule has 0 saturated heterocycles. The van der Waals surface area contributed by atoms with Gasteiger partial charge in [-0.25, -0.2) is 4.39 Å². The van der Waals surface area contributed by atoms with Crippen LogP contribution in [0.3, 0.4) is 0 Å². The molecule has 1 unspecified atom stereocenters. The van der Waals surface area contributed by atoms with Crippen LogP contribution in [0, 0.1) is 5.82 Å². The zero-order chi connectivity index (χ0) is 12.5. The van der Waals surface area contributed by atoms with E-state index in [0.717, 1.165) is 28.6 Å². The Hall–Kier alpha value is -1.35. The van der Waals surface area contributed by atoms with Crippen molar-refractivity contribution in [1.82, 2.24) is 0 Å². The van der Waals surface area contributed by atoms with Crippen LogP contribution in [0.15, 0.2) is 46.9 Å². The molecular weight excluding hydrogens is 293 g/mol. The zero-order valence-electron chi connectivity index (χ0n) is 9.79. The minimum absolute atomic E-state index is 0.174. The Morgan fingerprint density at radius 1 is 1.17 bits per heavy atom. The second kappa shape index (κ2) is 4.73. The number of benzene rings is 2. The number of aryl methyl sites for hydroxylation is 1. The van der Waals surface area contributed by atoms with E-state index >= 15 is 0 Å². The molecule has 1 aliphatic heterocycles. The first kappa shape index (κ1) is 11.7. The van der Waals surface area contributed by atoms with Gasteiger partial charge >= 0.3 is 0 Å². The predicted molar refractivity (Wildman–Crippen MR) is 75.2 cm³/mol. The number of rotatable bonds is 1. The van der Waals surface area contributed by atoms with Crippen molar-refractivity contribution in [1.29, 1.82) is 0 Å². The second-order valence-corrected chi connectivity index (χ2v) is 5.42. The third-order valence-electron chi connectivity index (χ3n) is 3.37. The quantitative estimate of drug-likeness (QED) is 0.806. The molecule has 0 aliphatic carbocycles. The molecule has 1 heterocycles. The molecule has 0 amide bonds. The average Bonchev–Trinajstić information content (AvgIpc) is 2.39. The number of para-hydroxylation sites is 1. The summed E-state index contributed by atoms with van der Waals surface area (Å²) in [5.41, 5.74) is 3.46. The van der Waals surface area contributed by atoms with E-state index in [1.165, 1.54) is 11.6 Å². The molecule has 0 radical (unpaired) electrons. The first-order valence-electron chi connectivity index (χ1n) is 6.03. The third-order valence-corrected chi connectivity index (χ3v) is 4.03. The monoisotopic (exact) mass is 305 g/mol. The maximum Gasteiger partial charge on any atom is 0.123 e. The van der Waals surface area contributed by atoms with Gasteiger partial charge in [0, 0.05) is 4.47 Å². The van der Waals surface area contributed by atoms with Crippen LogP contribution in [0.5, 0.6) is 0 Å². The highest BCUT2D eigenvalue weighted by atomic mass is 79.9. The number of hydrogen-bond acceptors (Lipinski definition) is 1. The van der Waals surface area contributed by atoms with Crippen LogP contribution in [0.1, 0.15) is 23.6 Å². The van der Waals surface area contributed by atoms with Crippen molar-refractivity contribution in [2.75, 3.05) is 5.32 Å². The molecule has 1 nitrogen and oxygen atoms in total. The molecular formula is C15H13BrFN. The van der Waals surface area contributed by atoms with Gasteiger partial charge in [-0.15, -0.1) is 0 Å². The van der Waals surface area contributed by atoms with Gasteiger partial charge in [0.2, 0.25) is 0 Å². The largest absolute Gasteiger partial charge is 0.377 e. The van der Waals surface area contributed by atoms with Gasteiger partial charge in [0.05, 0.1) is 11.7 Å². The van der Waals surface area contributed by atoms with Gasteiger partial charge in [0.1, 0.15) is 5.82 Å². The fourth-order valence-corrected chi connectivity index (χ4v) is 2.98. The van der Waals surface area contributed by atoms with Crippen LogP contribution < -0.4 is 5.32 Å². The van der Waals surface area contributed by atoms with Crippen molar-refractivity contribution in [2.45, 2.75) is 18.9 Å². The second-order valence-electron chi connectivity index (χ2n) is 4.56. The van der Waals surface area contributed by atoms with Gasteiger partial charge in [-0.3, -0.25) is 0 Å². The number of hydrogen-bond donors (Lipinski definition) is 1. The summed E-state index contributed by atoms with van der Waals surface area (Å²) in [6.07, 6.45) is 2.01. The van der Waals surface area contributed by atoms with Gasteiger partial charge in [0.15, 0.2) is 0 Å². The number of nitrogens with one attached hydrogen (secondary N) is 1. The molecule has 3 rings (SSSR count). The van der Waals surface area contributed by atoms with Crippen LogP contribution in [-0.2, 0) is 6.42 Å². The molecule has 2 aromatic rings. The van der Waals surface area contributed by atoms with Gasteiger partial charge in [0.25, 0.3) is 0 Å². The lowest BCUT2D eigenvalue weighted by Gasteiger charge is -2.28. The van der Waals surface area contributed by atoms with Gasteiger partial charge in [-0.2, -0.15) is 0 Å². The van der Waals surface area contributed by atoms with E-state index in [1.54, 1.807) is 12.1 Å². The molecule has 1 aliphatic rings. The van der Waals surface area contributed by atoms with E-state index in [0.29, 0.717) is 0 Å². The summed E-state index contributed by atoms with van der Waals surface area (Å²) in [6, 6.07) is 13.2. The van der Waals surface area contributed by atoms with Gasteiger partial charge < -0.3 is 5.32 Å². The summed E-state index contributed by atoms with van der Waals surface area (Å²) < 4.78 is 14.3. The average molecular weight is 306 g/mol. The maximum atomic E-state index is 13.3.